The summed E-state index contributed by atoms with van der Waals surface area (Å²) in [5, 5.41) is 25.9. The third-order valence-electron chi connectivity index (χ3n) is 13.2. The van der Waals surface area contributed by atoms with E-state index in [-0.39, 0.29) is 42.1 Å². The van der Waals surface area contributed by atoms with Gasteiger partial charge in [-0.1, -0.05) is 26.0 Å². The number of amidine groups is 1. The molecule has 1 aromatic carbocycles. The molecular formula is C40H55N5O7. The van der Waals surface area contributed by atoms with E-state index in [1.54, 1.807) is 6.21 Å². The number of aliphatic hydroxyl groups excluding tert-OH is 2. The molecule has 52 heavy (non-hydrogen) atoms. The van der Waals surface area contributed by atoms with Crippen LogP contribution in [0.4, 0.5) is 5.69 Å². The number of Topliss-reactive ketones (excluding diaryl/α,β-unsaturated/α-hetero) is 1. The number of nitrogens with one attached hydrogen (secondary N) is 1. The molecule has 7 rings (SSSR count). The summed E-state index contributed by atoms with van der Waals surface area (Å²) in [6.07, 6.45) is 7.48. The number of allylic oxidation sites excluding steroid dienone is 1. The van der Waals surface area contributed by atoms with Gasteiger partial charge in [0.25, 0.3) is 0 Å². The van der Waals surface area contributed by atoms with Crippen molar-refractivity contribution < 1.29 is 34.0 Å². The van der Waals surface area contributed by atoms with Crippen molar-refractivity contribution >= 4 is 35.6 Å². The van der Waals surface area contributed by atoms with E-state index in [0.717, 1.165) is 37.2 Å². The van der Waals surface area contributed by atoms with Gasteiger partial charge in [-0.2, -0.15) is 0 Å². The summed E-state index contributed by atoms with van der Waals surface area (Å²) in [6, 6.07) is 6.94. The molecule has 0 aromatic heterocycles. The molecule has 6 unspecified atom stereocenters. The highest BCUT2D eigenvalue weighted by Gasteiger charge is 2.71. The second-order valence-corrected chi connectivity index (χ2v) is 16.4. The van der Waals surface area contributed by atoms with Crippen LogP contribution in [0.1, 0.15) is 58.4 Å². The van der Waals surface area contributed by atoms with Crippen LogP contribution in [0.2, 0.25) is 0 Å². The highest BCUT2D eigenvalue weighted by molar-refractivity contribution is 6.07. The number of fused-ring (bicyclic) bond motifs is 1. The van der Waals surface area contributed by atoms with E-state index in [1.165, 1.54) is 0 Å². The van der Waals surface area contributed by atoms with Gasteiger partial charge in [0.2, 0.25) is 0 Å². The fraction of sp³-hybridized carbons (Fsp3) is 0.650. The van der Waals surface area contributed by atoms with Crippen LogP contribution in [0.15, 0.2) is 51.7 Å². The number of rotatable bonds is 12. The molecule has 9 atom stereocenters. The number of benzene rings is 1. The fourth-order valence-electron chi connectivity index (χ4n) is 10.0. The Hall–Kier alpha value is -3.26. The summed E-state index contributed by atoms with van der Waals surface area (Å²) in [7, 11) is 3.98. The zero-order valence-corrected chi connectivity index (χ0v) is 31.2. The number of anilines is 1. The van der Waals surface area contributed by atoms with Gasteiger partial charge >= 0.3 is 5.97 Å². The van der Waals surface area contributed by atoms with Gasteiger partial charge in [-0.15, -0.1) is 0 Å². The lowest BCUT2D eigenvalue weighted by molar-refractivity contribution is -0.197. The smallest absolute Gasteiger partial charge is 0.341 e. The Morgan fingerprint density at radius 3 is 2.56 bits per heavy atom. The summed E-state index contributed by atoms with van der Waals surface area (Å²) >= 11 is 0. The lowest BCUT2D eigenvalue weighted by Gasteiger charge is -2.64. The van der Waals surface area contributed by atoms with E-state index in [1.807, 2.05) is 69.3 Å². The molecule has 4 heterocycles. The first-order valence-corrected chi connectivity index (χ1v) is 18.9. The number of carbonyl (C=O) groups is 2. The van der Waals surface area contributed by atoms with Crippen LogP contribution in [0, 0.1) is 22.7 Å². The molecular weight excluding hydrogens is 662 g/mol. The van der Waals surface area contributed by atoms with Gasteiger partial charge in [0, 0.05) is 56.6 Å². The van der Waals surface area contributed by atoms with Gasteiger partial charge in [-0.05, 0) is 79.7 Å². The maximum Gasteiger partial charge on any atom is 0.341 e. The number of morpholine rings is 1. The number of ether oxygens (including phenoxy) is 3. The molecule has 1 spiro atoms. The Balaban J connectivity index is 1.26. The predicted octanol–water partition coefficient (Wildman–Crippen LogP) is 3.02. The lowest BCUT2D eigenvalue weighted by atomic mass is 9.43. The van der Waals surface area contributed by atoms with Gasteiger partial charge in [0.15, 0.2) is 5.78 Å². The molecule has 2 saturated heterocycles. The summed E-state index contributed by atoms with van der Waals surface area (Å²) in [5.74, 6) is 0.397. The van der Waals surface area contributed by atoms with Crippen molar-refractivity contribution in [2.45, 2.75) is 82.7 Å². The second-order valence-electron chi connectivity index (χ2n) is 16.4. The van der Waals surface area contributed by atoms with Crippen molar-refractivity contribution in [3.05, 3.63) is 47.2 Å². The van der Waals surface area contributed by atoms with Crippen LogP contribution in [0.5, 0.6) is 0 Å². The Bertz CT molecular complexity index is 1650. The molecule has 0 radical (unpaired) electrons. The number of carbonyl (C=O) groups excluding carboxylic acids is 2. The molecule has 0 amide bonds. The molecule has 2 saturated carbocycles. The zero-order valence-electron chi connectivity index (χ0n) is 31.2. The molecule has 0 bridgehead atoms. The van der Waals surface area contributed by atoms with E-state index in [4.69, 9.17) is 14.2 Å². The first-order valence-electron chi connectivity index (χ1n) is 18.9. The van der Waals surface area contributed by atoms with Gasteiger partial charge in [0.1, 0.15) is 17.2 Å². The van der Waals surface area contributed by atoms with Crippen molar-refractivity contribution in [3.8, 4) is 0 Å². The monoisotopic (exact) mass is 717 g/mol. The van der Waals surface area contributed by atoms with Gasteiger partial charge in [-0.25, -0.2) is 9.79 Å². The van der Waals surface area contributed by atoms with Crippen molar-refractivity contribution in [2.75, 3.05) is 65.1 Å². The number of nitrogens with zero attached hydrogens (tertiary/aromatic N) is 4. The molecule has 6 aliphatic rings. The Kier molecular flexibility index (Phi) is 10.4. The highest BCUT2D eigenvalue weighted by atomic mass is 16.6. The summed E-state index contributed by atoms with van der Waals surface area (Å²) < 4.78 is 18.3. The summed E-state index contributed by atoms with van der Waals surface area (Å²) in [6.45, 7) is 9.97. The number of epoxide rings is 1. The number of esters is 1. The fourth-order valence-corrected chi connectivity index (χ4v) is 10.0. The number of hydrogen-bond donors (Lipinski definition) is 3. The average Bonchev–Trinajstić information content (AvgIpc) is 3.56. The zero-order chi connectivity index (χ0) is 36.8. The van der Waals surface area contributed by atoms with E-state index in [9.17, 15) is 19.8 Å². The first-order chi connectivity index (χ1) is 24.9. The summed E-state index contributed by atoms with van der Waals surface area (Å²) in [5.41, 5.74) is 0.936. The number of hydrogen-bond acceptors (Lipinski definition) is 12. The SMILES string of the molecule is CC(NC(CC1C2(CO2)C(N2CCOCC2)CC2[C@]1(C)CC[C@@H](O)[C@@]2(C)CO)C1=C/C(=C\c2ccc(N(C)C)cc2)OC1=O)C(=O)CC1=NCC=N1. The normalized spacial score (nSPS) is 36.3. The van der Waals surface area contributed by atoms with Gasteiger partial charge in [-0.3, -0.25) is 14.7 Å². The van der Waals surface area contributed by atoms with Crippen molar-refractivity contribution in [1.82, 2.24) is 10.2 Å². The van der Waals surface area contributed by atoms with Gasteiger partial charge in [0.05, 0.1) is 57.1 Å². The van der Waals surface area contributed by atoms with E-state index in [0.29, 0.717) is 56.4 Å². The number of cyclic esters (lactones) is 1. The number of aliphatic imine (C=N–C) groups is 2. The number of aliphatic hydroxyl groups is 2. The third kappa shape index (κ3) is 6.82. The van der Waals surface area contributed by atoms with Gasteiger partial charge < -0.3 is 34.6 Å². The first kappa shape index (κ1) is 37.1. The van der Waals surface area contributed by atoms with Crippen molar-refractivity contribution in [2.24, 2.45) is 32.7 Å². The molecule has 4 fully saturated rings. The van der Waals surface area contributed by atoms with E-state index < -0.39 is 35.2 Å². The minimum atomic E-state index is -0.704. The Morgan fingerprint density at radius 2 is 1.92 bits per heavy atom. The lowest BCUT2D eigenvalue weighted by Crippen LogP contribution is -2.68. The third-order valence-corrected chi connectivity index (χ3v) is 13.2. The molecule has 1 aromatic rings. The van der Waals surface area contributed by atoms with Crippen LogP contribution in [-0.4, -0.2) is 129 Å². The summed E-state index contributed by atoms with van der Waals surface area (Å²) in [4.78, 5) is 40.5. The minimum Gasteiger partial charge on any atom is -0.423 e. The maximum absolute atomic E-state index is 13.9. The molecule has 2 aliphatic carbocycles. The largest absolute Gasteiger partial charge is 0.423 e. The molecule has 3 N–H and O–H groups in total. The quantitative estimate of drug-likeness (QED) is 0.218. The molecule has 12 heteroatoms. The Labute approximate surface area is 307 Å². The predicted molar refractivity (Wildman–Crippen MR) is 199 cm³/mol. The number of ketones is 1. The van der Waals surface area contributed by atoms with Crippen LogP contribution >= 0.6 is 0 Å². The van der Waals surface area contributed by atoms with Crippen molar-refractivity contribution in [1.29, 1.82) is 0 Å². The van der Waals surface area contributed by atoms with E-state index >= 15 is 0 Å². The second kappa shape index (κ2) is 14.5. The van der Waals surface area contributed by atoms with Crippen LogP contribution < -0.4 is 10.2 Å². The topological polar surface area (TPSA) is 149 Å². The Morgan fingerprint density at radius 1 is 1.19 bits per heavy atom. The van der Waals surface area contributed by atoms with E-state index in [2.05, 4.69) is 27.1 Å². The average molecular weight is 718 g/mol. The standard InChI is InChI=1S/C40H55N5O7/c1-25(31(47)21-36-41-12-13-42-36)43-30(29-19-28(52-37(29)49)18-26-6-8-27(9-7-26)44(4)5)20-33-38(2)11-10-35(48)39(3,23-46)32(38)22-34(40(33)24-51-40)45-14-16-50-17-15-45/h6-9,12,18-19,25,30,32-35,43,46,48H,10-11,13-17,20-24H2,1-5H3/b28-18+/t25?,30?,32?,33?,34?,35-,38+,39+,40?/m1/s1. The van der Waals surface area contributed by atoms with Crippen molar-refractivity contribution in [3.63, 3.8) is 0 Å². The molecule has 282 valence electrons. The molecule has 4 aliphatic heterocycles. The highest BCUT2D eigenvalue weighted by Crippen LogP contribution is 2.67. The maximum atomic E-state index is 13.9. The molecule has 12 nitrogen and oxygen atoms in total. The van der Waals surface area contributed by atoms with Crippen LogP contribution in [0.3, 0.4) is 0 Å². The minimum absolute atomic E-state index is 0.00975. The van der Waals surface area contributed by atoms with Crippen LogP contribution in [0.25, 0.3) is 6.08 Å². The van der Waals surface area contributed by atoms with Crippen LogP contribution in [-0.2, 0) is 23.8 Å².